The summed E-state index contributed by atoms with van der Waals surface area (Å²) in [5.74, 6) is 0.615. The summed E-state index contributed by atoms with van der Waals surface area (Å²) in [6.45, 7) is 3.78. The largest absolute Gasteiger partial charge is 0.612 e. The van der Waals surface area contributed by atoms with Gasteiger partial charge in [-0.05, 0) is 55.1 Å². The molecule has 2 heterocycles. The molecule has 230 valence electrons. The predicted molar refractivity (Wildman–Crippen MR) is 194 cm³/mol. The molecule has 5 atom stereocenters. The Kier molecular flexibility index (Phi) is 8.19. The van der Waals surface area contributed by atoms with Gasteiger partial charge in [0.15, 0.2) is 5.60 Å². The average Bonchev–Trinajstić information content (AvgIpc) is 3.86. The maximum absolute atomic E-state index is 7.80. The zero-order valence-corrected chi connectivity index (χ0v) is 27.8. The van der Waals surface area contributed by atoms with E-state index in [0.29, 0.717) is 23.7 Å². The molecule has 3 aliphatic rings. The monoisotopic (exact) mass is 620 g/mol. The number of benzene rings is 5. The second kappa shape index (κ2) is 12.6. The highest BCUT2D eigenvalue weighted by Crippen LogP contribution is 2.58. The van der Waals surface area contributed by atoms with Gasteiger partial charge < -0.3 is 9.05 Å². The van der Waals surface area contributed by atoms with E-state index in [1.165, 1.54) is 59.3 Å². The van der Waals surface area contributed by atoms with E-state index in [4.69, 9.17) is 4.65 Å². The summed E-state index contributed by atoms with van der Waals surface area (Å²) < 4.78 is 8.82. The Morgan fingerprint density at radius 2 is 1.13 bits per heavy atom. The average molecular weight is 621 g/mol. The van der Waals surface area contributed by atoms with Gasteiger partial charge in [0.25, 0.3) is 0 Å². The third-order valence-corrected chi connectivity index (χ3v) is 14.6. The van der Waals surface area contributed by atoms with Crippen LogP contribution in [0.4, 0.5) is 0 Å². The van der Waals surface area contributed by atoms with Crippen LogP contribution in [0.2, 0.25) is 0 Å². The van der Waals surface area contributed by atoms with Crippen molar-refractivity contribution in [3.63, 3.8) is 0 Å². The third kappa shape index (κ3) is 4.82. The summed E-state index contributed by atoms with van der Waals surface area (Å²) in [4.78, 5) is 0. The Morgan fingerprint density at radius 3 is 1.67 bits per heavy atom. The highest BCUT2D eigenvalue weighted by Gasteiger charge is 2.73. The van der Waals surface area contributed by atoms with Gasteiger partial charge in [-0.25, -0.2) is 0 Å². The Bertz CT molecular complexity index is 1640. The van der Waals surface area contributed by atoms with E-state index >= 15 is 0 Å². The van der Waals surface area contributed by atoms with Crippen LogP contribution in [-0.4, -0.2) is 35.7 Å². The van der Waals surface area contributed by atoms with E-state index in [9.17, 15) is 0 Å². The molecule has 5 aromatic rings. The van der Waals surface area contributed by atoms with E-state index in [-0.39, 0.29) is 7.05 Å². The molecule has 2 nitrogen and oxygen atoms in total. The van der Waals surface area contributed by atoms with Gasteiger partial charge in [0.05, 0.1) is 12.6 Å². The predicted octanol–water partition coefficient (Wildman–Crippen LogP) is 8.03. The molecule has 0 aromatic heterocycles. The first-order valence-electron chi connectivity index (χ1n) is 17.3. The van der Waals surface area contributed by atoms with Crippen LogP contribution in [0.1, 0.15) is 50.2 Å². The van der Waals surface area contributed by atoms with Crippen molar-refractivity contribution in [3.8, 4) is 0 Å². The number of rotatable bonds is 8. The van der Waals surface area contributed by atoms with E-state index in [0.717, 1.165) is 10.9 Å². The van der Waals surface area contributed by atoms with Crippen molar-refractivity contribution in [2.24, 2.45) is 5.92 Å². The number of nitrogens with zero attached hydrogens (tertiary/aromatic N) is 1. The van der Waals surface area contributed by atoms with Gasteiger partial charge in [-0.1, -0.05) is 158 Å². The summed E-state index contributed by atoms with van der Waals surface area (Å²) in [6, 6.07) is 57.3. The van der Waals surface area contributed by atoms with E-state index in [1.807, 2.05) is 0 Å². The van der Waals surface area contributed by atoms with Gasteiger partial charge >= 0.3 is 7.05 Å². The summed E-state index contributed by atoms with van der Waals surface area (Å²) in [5, 5.41) is 3.04. The normalized spacial score (nSPS) is 25.9. The summed E-state index contributed by atoms with van der Waals surface area (Å²) >= 11 is 0. The smallest absolute Gasteiger partial charge is 0.357 e. The lowest BCUT2D eigenvalue weighted by atomic mass is 9.66. The van der Waals surface area contributed by atoms with E-state index in [2.05, 4.69) is 159 Å². The fourth-order valence-electron chi connectivity index (χ4n) is 9.77. The second-order valence-electron chi connectivity index (χ2n) is 13.7. The fourth-order valence-corrected chi connectivity index (χ4v) is 13.0. The third-order valence-electron chi connectivity index (χ3n) is 11.6. The Morgan fingerprint density at radius 1 is 0.630 bits per heavy atom. The molecule has 0 bridgehead atoms. The molecule has 1 saturated carbocycles. The first-order valence-corrected chi connectivity index (χ1v) is 18.7. The highest BCUT2D eigenvalue weighted by atomic mass is 31.1. The first-order chi connectivity index (χ1) is 22.7. The first kappa shape index (κ1) is 29.9. The molecule has 0 radical (unpaired) electrons. The van der Waals surface area contributed by atoms with Crippen LogP contribution < -0.4 is 16.1 Å². The molecular weight excluding hydrogens is 576 g/mol. The number of quaternary nitrogens is 1. The van der Waals surface area contributed by atoms with Crippen LogP contribution >= 0.6 is 7.92 Å². The molecular formula is C42H44BNOP+. The molecule has 4 unspecified atom stereocenters. The van der Waals surface area contributed by atoms with E-state index in [1.54, 1.807) is 0 Å². The van der Waals surface area contributed by atoms with Crippen LogP contribution in [0.3, 0.4) is 0 Å². The summed E-state index contributed by atoms with van der Waals surface area (Å²) in [6.07, 6.45) is 6.30. The van der Waals surface area contributed by atoms with Crippen molar-refractivity contribution in [2.45, 2.75) is 62.4 Å². The lowest BCUT2D eigenvalue weighted by molar-refractivity contribution is -0.864. The van der Waals surface area contributed by atoms with Crippen molar-refractivity contribution in [3.05, 3.63) is 163 Å². The molecule has 0 spiro atoms. The SMILES string of the molecule is C[C@H](C1CCCC1P(c1ccccc1)c1ccccc1)[N+]12CCCC1C(c1ccccc1)(c1ccccc1)OB2c1ccccc1. The zero-order chi connectivity index (χ0) is 31.0. The lowest BCUT2D eigenvalue weighted by Crippen LogP contribution is -2.68. The molecule has 0 N–H and O–H groups in total. The van der Waals surface area contributed by atoms with Crippen LogP contribution in [0.15, 0.2) is 152 Å². The van der Waals surface area contributed by atoms with Crippen molar-refractivity contribution in [2.75, 3.05) is 6.54 Å². The van der Waals surface area contributed by atoms with Gasteiger partial charge in [0.2, 0.25) is 0 Å². The molecule has 5 aromatic carbocycles. The van der Waals surface area contributed by atoms with Gasteiger partial charge in [-0.3, -0.25) is 0 Å². The number of hydrogen-bond acceptors (Lipinski definition) is 1. The van der Waals surface area contributed by atoms with E-state index < -0.39 is 13.5 Å². The van der Waals surface area contributed by atoms with Gasteiger partial charge in [-0.15, -0.1) is 0 Å². The van der Waals surface area contributed by atoms with Crippen LogP contribution in [-0.2, 0) is 10.3 Å². The van der Waals surface area contributed by atoms with Crippen LogP contribution in [0.25, 0.3) is 0 Å². The molecule has 3 fully saturated rings. The lowest BCUT2D eigenvalue weighted by Gasteiger charge is -2.49. The molecule has 46 heavy (non-hydrogen) atoms. The van der Waals surface area contributed by atoms with Gasteiger partial charge in [-0.2, -0.15) is 0 Å². The Balaban J connectivity index is 1.29. The van der Waals surface area contributed by atoms with Crippen molar-refractivity contribution < 1.29 is 9.05 Å². The minimum atomic E-state index is -0.508. The topological polar surface area (TPSA) is 9.23 Å². The standard InChI is InChI=1S/C42H44BNOP/c1-33(39-29-17-30-40(39)46(37-25-13-5-14-26-37)38-27-15-6-16-28-38)44-32-18-31-41(44)42(34-19-7-2-8-20-34,35-21-9-3-10-22-35)45-43(44)36-23-11-4-12-24-36/h2-16,19-28,33,39-41H,17-18,29-32H2,1H3/q+1/t33-,39?,40?,41?,44?/m1/s1. The molecule has 8 rings (SSSR count). The minimum Gasteiger partial charge on any atom is -0.357 e. The summed E-state index contributed by atoms with van der Waals surface area (Å²) in [5.41, 5.74) is 4.03. The molecule has 2 saturated heterocycles. The fraction of sp³-hybridized carbons (Fsp3) is 0.286. The van der Waals surface area contributed by atoms with Crippen molar-refractivity contribution >= 4 is 31.0 Å². The maximum Gasteiger partial charge on any atom is 0.612 e. The molecule has 0 amide bonds. The minimum absolute atomic E-state index is 0.0231. The van der Waals surface area contributed by atoms with Crippen molar-refractivity contribution in [1.82, 2.24) is 0 Å². The quantitative estimate of drug-likeness (QED) is 0.126. The number of hydrogen-bond donors (Lipinski definition) is 0. The second-order valence-corrected chi connectivity index (χ2v) is 16.1. The Labute approximate surface area is 276 Å². The molecule has 2 aliphatic heterocycles. The highest BCUT2D eigenvalue weighted by molar-refractivity contribution is 7.73. The van der Waals surface area contributed by atoms with Gasteiger partial charge in [0, 0.05) is 24.2 Å². The number of fused-ring (bicyclic) bond motifs is 1. The van der Waals surface area contributed by atoms with Crippen molar-refractivity contribution in [1.29, 1.82) is 0 Å². The van der Waals surface area contributed by atoms with Crippen LogP contribution in [0, 0.1) is 5.92 Å². The summed E-state index contributed by atoms with van der Waals surface area (Å²) in [7, 11) is -0.513. The Hall–Kier alpha value is -3.49. The molecule has 1 aliphatic carbocycles. The maximum atomic E-state index is 7.80. The zero-order valence-electron chi connectivity index (χ0n) is 26.9. The molecule has 4 heteroatoms. The van der Waals surface area contributed by atoms with Crippen LogP contribution in [0.5, 0.6) is 0 Å². The van der Waals surface area contributed by atoms with Gasteiger partial charge in [0.1, 0.15) is 6.04 Å².